The maximum Gasteiger partial charge on any atom is 0.205 e. The quantitative estimate of drug-likeness (QED) is 0.569. The van der Waals surface area contributed by atoms with E-state index in [4.69, 9.17) is 11.3 Å². The molecule has 102 valence electrons. The van der Waals surface area contributed by atoms with Crippen LogP contribution in [0.5, 0.6) is 0 Å². The third kappa shape index (κ3) is 2.75. The minimum atomic E-state index is 0.124. The highest BCUT2D eigenvalue weighted by molar-refractivity contribution is 5.62. The van der Waals surface area contributed by atoms with Crippen LogP contribution in [0.4, 0.5) is 5.69 Å². The summed E-state index contributed by atoms with van der Waals surface area (Å²) in [7, 11) is 0. The van der Waals surface area contributed by atoms with E-state index in [0.717, 1.165) is 5.69 Å². The smallest absolute Gasteiger partial charge is 0.205 e. The van der Waals surface area contributed by atoms with Crippen molar-refractivity contribution in [3.05, 3.63) is 71.8 Å². The molecule has 0 radical (unpaired) electrons. The van der Waals surface area contributed by atoms with Gasteiger partial charge in [0.05, 0.1) is 24.9 Å². The highest BCUT2D eigenvalue weighted by Gasteiger charge is 2.15. The van der Waals surface area contributed by atoms with Crippen LogP contribution in [0.2, 0.25) is 0 Å². The first-order valence-corrected chi connectivity index (χ1v) is 6.63. The summed E-state index contributed by atoms with van der Waals surface area (Å²) in [4.78, 5) is 3.50. The van der Waals surface area contributed by atoms with Gasteiger partial charge in [-0.25, -0.2) is 4.85 Å². The summed E-state index contributed by atoms with van der Waals surface area (Å²) in [5.41, 5.74) is 2.64. The molecular formula is C17H18N2O. The average molecular weight is 266 g/mol. The molecule has 20 heavy (non-hydrogen) atoms. The van der Waals surface area contributed by atoms with Crippen molar-refractivity contribution in [2.24, 2.45) is 0 Å². The zero-order chi connectivity index (χ0) is 14.5. The van der Waals surface area contributed by atoms with E-state index >= 15 is 0 Å². The largest absolute Gasteiger partial charge is 0.492 e. The van der Waals surface area contributed by atoms with Crippen molar-refractivity contribution in [3.63, 3.8) is 0 Å². The van der Waals surface area contributed by atoms with Gasteiger partial charge in [-0.15, -0.1) is 0 Å². The first-order chi connectivity index (χ1) is 9.67. The van der Waals surface area contributed by atoms with Gasteiger partial charge < -0.3 is 9.30 Å². The maximum atomic E-state index is 7.18. The molecule has 1 atom stereocenters. The SMILES string of the molecule is [C-]#[N+]c1cc(C(=C)OCC)n([C@H](C)c2ccccc2)c1. The lowest BCUT2D eigenvalue weighted by Gasteiger charge is -2.19. The van der Waals surface area contributed by atoms with E-state index in [9.17, 15) is 0 Å². The van der Waals surface area contributed by atoms with E-state index in [-0.39, 0.29) is 6.04 Å². The fourth-order valence-corrected chi connectivity index (χ4v) is 2.21. The van der Waals surface area contributed by atoms with E-state index in [0.29, 0.717) is 18.1 Å². The van der Waals surface area contributed by atoms with Crippen LogP contribution in [-0.2, 0) is 4.74 Å². The Kier molecular flexibility index (Phi) is 4.27. The van der Waals surface area contributed by atoms with Crippen LogP contribution in [-0.4, -0.2) is 11.2 Å². The third-order valence-electron chi connectivity index (χ3n) is 3.27. The molecule has 0 N–H and O–H groups in total. The second-order valence-electron chi connectivity index (χ2n) is 4.55. The molecule has 2 rings (SSSR count). The fraction of sp³-hybridized carbons (Fsp3) is 0.235. The molecule has 0 aliphatic heterocycles. The lowest BCUT2D eigenvalue weighted by Crippen LogP contribution is -2.09. The van der Waals surface area contributed by atoms with Crippen molar-refractivity contribution in [1.29, 1.82) is 0 Å². The van der Waals surface area contributed by atoms with Crippen molar-refractivity contribution in [3.8, 4) is 0 Å². The molecule has 0 unspecified atom stereocenters. The molecular weight excluding hydrogens is 248 g/mol. The predicted molar refractivity (Wildman–Crippen MR) is 81.6 cm³/mol. The van der Waals surface area contributed by atoms with Gasteiger partial charge in [-0.3, -0.25) is 0 Å². The van der Waals surface area contributed by atoms with Gasteiger partial charge in [0.1, 0.15) is 5.76 Å². The van der Waals surface area contributed by atoms with Gasteiger partial charge in [0, 0.05) is 6.20 Å². The monoisotopic (exact) mass is 266 g/mol. The average Bonchev–Trinajstić information content (AvgIpc) is 2.92. The van der Waals surface area contributed by atoms with Crippen LogP contribution in [0.25, 0.3) is 10.6 Å². The second-order valence-corrected chi connectivity index (χ2v) is 4.55. The molecule has 0 saturated heterocycles. The highest BCUT2D eigenvalue weighted by atomic mass is 16.5. The van der Waals surface area contributed by atoms with Crippen molar-refractivity contribution in [2.45, 2.75) is 19.9 Å². The van der Waals surface area contributed by atoms with E-state index < -0.39 is 0 Å². The number of ether oxygens (including phenoxy) is 1. The second kappa shape index (κ2) is 6.12. The molecule has 0 aliphatic carbocycles. The van der Waals surface area contributed by atoms with Crippen LogP contribution >= 0.6 is 0 Å². The Morgan fingerprint density at radius 2 is 2.10 bits per heavy atom. The number of aromatic nitrogens is 1. The molecule has 3 nitrogen and oxygen atoms in total. The van der Waals surface area contributed by atoms with Gasteiger partial charge in [-0.05, 0) is 25.5 Å². The predicted octanol–water partition coefficient (Wildman–Crippen LogP) is 4.66. The van der Waals surface area contributed by atoms with Gasteiger partial charge in [-0.1, -0.05) is 36.9 Å². The van der Waals surface area contributed by atoms with Crippen molar-refractivity contribution < 1.29 is 4.74 Å². The minimum absolute atomic E-state index is 0.124. The van der Waals surface area contributed by atoms with E-state index in [1.165, 1.54) is 5.56 Å². The molecule has 0 bridgehead atoms. The summed E-state index contributed by atoms with van der Waals surface area (Å²) < 4.78 is 7.54. The van der Waals surface area contributed by atoms with Gasteiger partial charge in [0.25, 0.3) is 0 Å². The standard InChI is InChI=1S/C17H18N2O/c1-5-20-14(3)17-11-16(18-4)12-19(17)13(2)15-9-7-6-8-10-15/h6-13H,3,5H2,1-2H3/t13-/m1/s1. The Balaban J connectivity index is 2.43. The first kappa shape index (κ1) is 14.0. The number of hydrogen-bond acceptors (Lipinski definition) is 1. The Bertz CT molecular complexity index is 635. The summed E-state index contributed by atoms with van der Waals surface area (Å²) in [6.45, 7) is 15.7. The van der Waals surface area contributed by atoms with Gasteiger partial charge in [0.15, 0.2) is 0 Å². The van der Waals surface area contributed by atoms with Crippen LogP contribution in [0, 0.1) is 6.57 Å². The van der Waals surface area contributed by atoms with E-state index in [2.05, 4.69) is 30.5 Å². The van der Waals surface area contributed by atoms with Gasteiger partial charge in [-0.2, -0.15) is 0 Å². The summed E-state index contributed by atoms with van der Waals surface area (Å²) in [6.07, 6.45) is 1.85. The normalized spacial score (nSPS) is 11.7. The van der Waals surface area contributed by atoms with Crippen molar-refractivity contribution in [2.75, 3.05) is 6.61 Å². The molecule has 3 heteroatoms. The van der Waals surface area contributed by atoms with Gasteiger partial charge >= 0.3 is 0 Å². The van der Waals surface area contributed by atoms with Crippen LogP contribution in [0.3, 0.4) is 0 Å². The molecule has 1 aromatic carbocycles. The van der Waals surface area contributed by atoms with Gasteiger partial charge in [0.2, 0.25) is 5.69 Å². The van der Waals surface area contributed by atoms with E-state index in [1.54, 1.807) is 0 Å². The van der Waals surface area contributed by atoms with E-state index in [1.807, 2.05) is 42.0 Å². The zero-order valence-electron chi connectivity index (χ0n) is 11.8. The fourth-order valence-electron chi connectivity index (χ4n) is 2.21. The molecule has 0 saturated carbocycles. The summed E-state index contributed by atoms with van der Waals surface area (Å²) >= 11 is 0. The molecule has 0 spiro atoms. The minimum Gasteiger partial charge on any atom is -0.492 e. The molecule has 1 heterocycles. The summed E-state index contributed by atoms with van der Waals surface area (Å²) in [5, 5.41) is 0. The number of rotatable bonds is 5. The Labute approximate surface area is 119 Å². The summed E-state index contributed by atoms with van der Waals surface area (Å²) in [6, 6.07) is 12.1. The Morgan fingerprint density at radius 1 is 1.40 bits per heavy atom. The molecule has 0 amide bonds. The first-order valence-electron chi connectivity index (χ1n) is 6.63. The highest BCUT2D eigenvalue weighted by Crippen LogP contribution is 2.29. The van der Waals surface area contributed by atoms with Crippen LogP contribution in [0.1, 0.15) is 31.1 Å². The van der Waals surface area contributed by atoms with Crippen LogP contribution < -0.4 is 0 Å². The number of benzene rings is 1. The van der Waals surface area contributed by atoms with Crippen LogP contribution in [0.15, 0.2) is 49.2 Å². The topological polar surface area (TPSA) is 18.5 Å². The molecule has 0 aliphatic rings. The summed E-state index contributed by atoms with van der Waals surface area (Å²) in [5.74, 6) is 0.602. The maximum absolute atomic E-state index is 7.18. The Morgan fingerprint density at radius 3 is 2.70 bits per heavy atom. The molecule has 1 aromatic heterocycles. The number of hydrogen-bond donors (Lipinski definition) is 0. The van der Waals surface area contributed by atoms with Crippen molar-refractivity contribution >= 4 is 11.4 Å². The third-order valence-corrected chi connectivity index (χ3v) is 3.27. The zero-order valence-corrected chi connectivity index (χ0v) is 11.8. The lowest BCUT2D eigenvalue weighted by atomic mass is 10.1. The molecule has 0 fully saturated rings. The lowest BCUT2D eigenvalue weighted by molar-refractivity contribution is 0.295. The van der Waals surface area contributed by atoms with Crippen molar-refractivity contribution in [1.82, 2.24) is 4.57 Å². The Hall–Kier alpha value is -2.47. The molecule has 2 aromatic rings. The number of nitrogens with zero attached hydrogens (tertiary/aromatic N) is 2.